The van der Waals surface area contributed by atoms with Crippen molar-refractivity contribution in [3.8, 4) is 23.0 Å². The van der Waals surface area contributed by atoms with Crippen LogP contribution in [0.1, 0.15) is 17.0 Å². The standard InChI is InChI=1S/C28H25N5O4/c1-34-22-12-9-18(15-24(22)36-3)11-14-26-30-21-8-6-5-7-20(21)27-31-28(32-33(26)27)29-17-19-10-13-23(35-2)25(16-19)37-4/h5-17H,1-4H3/b14-11+,29-17?. The van der Waals surface area contributed by atoms with E-state index in [9.17, 15) is 0 Å². The Kier molecular flexibility index (Phi) is 6.67. The van der Waals surface area contributed by atoms with Crippen LogP contribution in [0.4, 0.5) is 5.95 Å². The van der Waals surface area contributed by atoms with Crippen LogP contribution in [0, 0.1) is 0 Å². The number of rotatable bonds is 8. The van der Waals surface area contributed by atoms with E-state index < -0.39 is 0 Å². The fourth-order valence-corrected chi connectivity index (χ4v) is 3.92. The number of para-hydroxylation sites is 1. The van der Waals surface area contributed by atoms with Gasteiger partial charge in [-0.25, -0.2) is 9.98 Å². The lowest BCUT2D eigenvalue weighted by atomic mass is 10.2. The molecule has 0 amide bonds. The predicted octanol–water partition coefficient (Wildman–Crippen LogP) is 5.23. The molecule has 37 heavy (non-hydrogen) atoms. The van der Waals surface area contributed by atoms with Crippen molar-refractivity contribution in [1.29, 1.82) is 0 Å². The number of ether oxygens (including phenoxy) is 4. The zero-order valence-electron chi connectivity index (χ0n) is 20.9. The van der Waals surface area contributed by atoms with E-state index in [1.807, 2.05) is 72.8 Å². The summed E-state index contributed by atoms with van der Waals surface area (Å²) >= 11 is 0. The van der Waals surface area contributed by atoms with Crippen LogP contribution in [0.3, 0.4) is 0 Å². The van der Waals surface area contributed by atoms with Gasteiger partial charge < -0.3 is 18.9 Å². The molecule has 0 aliphatic heterocycles. The summed E-state index contributed by atoms with van der Waals surface area (Å²) in [6, 6.07) is 19.1. The molecule has 9 nitrogen and oxygen atoms in total. The van der Waals surface area contributed by atoms with Gasteiger partial charge >= 0.3 is 0 Å². The zero-order valence-corrected chi connectivity index (χ0v) is 20.9. The van der Waals surface area contributed by atoms with Crippen LogP contribution in [0.5, 0.6) is 23.0 Å². The van der Waals surface area contributed by atoms with E-state index >= 15 is 0 Å². The van der Waals surface area contributed by atoms with Crippen LogP contribution < -0.4 is 18.9 Å². The first-order valence-electron chi connectivity index (χ1n) is 11.4. The highest BCUT2D eigenvalue weighted by atomic mass is 16.5. The molecule has 5 aromatic rings. The average Bonchev–Trinajstić information content (AvgIpc) is 3.39. The number of hydrogen-bond acceptors (Lipinski definition) is 8. The molecule has 2 aromatic heterocycles. The minimum Gasteiger partial charge on any atom is -0.493 e. The number of methoxy groups -OCH3 is 4. The molecule has 0 unspecified atom stereocenters. The van der Waals surface area contributed by atoms with Crippen molar-refractivity contribution in [2.24, 2.45) is 4.99 Å². The van der Waals surface area contributed by atoms with Crippen LogP contribution in [0.2, 0.25) is 0 Å². The summed E-state index contributed by atoms with van der Waals surface area (Å²) in [6.45, 7) is 0. The second-order valence-corrected chi connectivity index (χ2v) is 7.95. The number of nitrogens with zero attached hydrogens (tertiary/aromatic N) is 5. The number of benzene rings is 3. The van der Waals surface area contributed by atoms with E-state index in [1.165, 1.54) is 0 Å². The van der Waals surface area contributed by atoms with Crippen LogP contribution in [-0.2, 0) is 0 Å². The topological polar surface area (TPSA) is 92.4 Å². The fraction of sp³-hybridized carbons (Fsp3) is 0.143. The Hall–Kier alpha value is -4.92. The second-order valence-electron chi connectivity index (χ2n) is 7.95. The Labute approximate surface area is 213 Å². The molecular weight excluding hydrogens is 470 g/mol. The molecule has 0 fully saturated rings. The SMILES string of the molecule is COc1ccc(C=Nc2nc3c4ccccc4nc(/C=C/c4ccc(OC)c(OC)c4)n3n2)cc1OC. The van der Waals surface area contributed by atoms with Crippen LogP contribution in [0.25, 0.3) is 28.7 Å². The third-order valence-electron chi connectivity index (χ3n) is 5.76. The Morgan fingerprint density at radius 2 is 1.35 bits per heavy atom. The van der Waals surface area contributed by atoms with Crippen molar-refractivity contribution >= 4 is 40.9 Å². The van der Waals surface area contributed by atoms with Crippen LogP contribution >= 0.6 is 0 Å². The van der Waals surface area contributed by atoms with Gasteiger partial charge in [0.25, 0.3) is 5.95 Å². The maximum absolute atomic E-state index is 5.42. The molecule has 5 rings (SSSR count). The largest absolute Gasteiger partial charge is 0.493 e. The summed E-state index contributed by atoms with van der Waals surface area (Å²) in [5.74, 6) is 3.51. The highest BCUT2D eigenvalue weighted by Crippen LogP contribution is 2.29. The third kappa shape index (κ3) is 4.79. The highest BCUT2D eigenvalue weighted by Gasteiger charge is 2.12. The lowest BCUT2D eigenvalue weighted by Crippen LogP contribution is -1.98. The summed E-state index contributed by atoms with van der Waals surface area (Å²) in [7, 11) is 6.41. The van der Waals surface area contributed by atoms with E-state index in [1.54, 1.807) is 39.2 Å². The normalized spacial score (nSPS) is 11.6. The van der Waals surface area contributed by atoms with Crippen LogP contribution in [-0.4, -0.2) is 54.2 Å². The summed E-state index contributed by atoms with van der Waals surface area (Å²) in [4.78, 5) is 14.0. The Bertz CT molecular complexity index is 1640. The van der Waals surface area contributed by atoms with Gasteiger partial charge in [0.2, 0.25) is 0 Å². The average molecular weight is 496 g/mol. The van der Waals surface area contributed by atoms with Gasteiger partial charge in [-0.05, 0) is 59.7 Å². The lowest BCUT2D eigenvalue weighted by Gasteiger charge is -2.07. The summed E-state index contributed by atoms with van der Waals surface area (Å²) < 4.78 is 23.1. The molecule has 2 heterocycles. The molecule has 186 valence electrons. The lowest BCUT2D eigenvalue weighted by molar-refractivity contribution is 0.355. The van der Waals surface area contributed by atoms with E-state index in [2.05, 4.69) is 15.1 Å². The first-order valence-corrected chi connectivity index (χ1v) is 11.4. The molecule has 0 bridgehead atoms. The van der Waals surface area contributed by atoms with Gasteiger partial charge in [0, 0.05) is 11.6 Å². The fourth-order valence-electron chi connectivity index (χ4n) is 3.92. The highest BCUT2D eigenvalue weighted by molar-refractivity contribution is 5.92. The molecular formula is C28H25N5O4. The van der Waals surface area contributed by atoms with Crippen molar-refractivity contribution < 1.29 is 18.9 Å². The Morgan fingerprint density at radius 1 is 0.703 bits per heavy atom. The van der Waals surface area contributed by atoms with Gasteiger partial charge in [0.15, 0.2) is 34.5 Å². The van der Waals surface area contributed by atoms with Gasteiger partial charge in [0.1, 0.15) is 0 Å². The molecule has 0 aliphatic rings. The molecule has 0 saturated heterocycles. The molecule has 0 aliphatic carbocycles. The second kappa shape index (κ2) is 10.4. The number of fused-ring (bicyclic) bond motifs is 3. The van der Waals surface area contributed by atoms with Gasteiger partial charge in [-0.15, -0.1) is 5.10 Å². The van der Waals surface area contributed by atoms with Gasteiger partial charge in [-0.2, -0.15) is 9.50 Å². The minimum atomic E-state index is 0.314. The molecule has 0 spiro atoms. The van der Waals surface area contributed by atoms with E-state index in [4.69, 9.17) is 23.9 Å². The van der Waals surface area contributed by atoms with Crippen molar-refractivity contribution in [2.45, 2.75) is 0 Å². The predicted molar refractivity (Wildman–Crippen MR) is 144 cm³/mol. The maximum atomic E-state index is 5.42. The van der Waals surface area contributed by atoms with Crippen molar-refractivity contribution in [3.63, 3.8) is 0 Å². The van der Waals surface area contributed by atoms with Gasteiger partial charge in [-0.1, -0.05) is 24.3 Å². The monoisotopic (exact) mass is 495 g/mol. The number of aromatic nitrogens is 4. The quantitative estimate of drug-likeness (QED) is 0.272. The smallest absolute Gasteiger partial charge is 0.269 e. The summed E-state index contributed by atoms with van der Waals surface area (Å²) in [5.41, 5.74) is 3.22. The maximum Gasteiger partial charge on any atom is 0.269 e. The van der Waals surface area contributed by atoms with Crippen LogP contribution in [0.15, 0.2) is 65.7 Å². The molecule has 0 N–H and O–H groups in total. The molecule has 0 atom stereocenters. The van der Waals surface area contributed by atoms with Crippen molar-refractivity contribution in [3.05, 3.63) is 77.6 Å². The van der Waals surface area contributed by atoms with Gasteiger partial charge in [0.05, 0.1) is 34.0 Å². The Morgan fingerprint density at radius 3 is 2.05 bits per heavy atom. The zero-order chi connectivity index (χ0) is 25.8. The first kappa shape index (κ1) is 23.8. The van der Waals surface area contributed by atoms with Crippen molar-refractivity contribution in [1.82, 2.24) is 19.6 Å². The molecule has 0 saturated carbocycles. The number of hydrogen-bond donors (Lipinski definition) is 0. The van der Waals surface area contributed by atoms with Gasteiger partial charge in [-0.3, -0.25) is 0 Å². The molecule has 0 radical (unpaired) electrons. The summed E-state index contributed by atoms with van der Waals surface area (Å²) in [6.07, 6.45) is 5.51. The summed E-state index contributed by atoms with van der Waals surface area (Å²) in [5, 5.41) is 5.50. The Balaban J connectivity index is 1.55. The third-order valence-corrected chi connectivity index (χ3v) is 5.76. The van der Waals surface area contributed by atoms with E-state index in [0.717, 1.165) is 22.0 Å². The first-order chi connectivity index (χ1) is 18.1. The molecule has 3 aromatic carbocycles. The van der Waals surface area contributed by atoms with Crippen molar-refractivity contribution in [2.75, 3.05) is 28.4 Å². The minimum absolute atomic E-state index is 0.314. The van der Waals surface area contributed by atoms with E-state index in [0.29, 0.717) is 40.4 Å². The molecule has 9 heteroatoms. The van der Waals surface area contributed by atoms with E-state index in [-0.39, 0.29) is 0 Å². The number of aliphatic imine (C=N–C) groups is 1.